The molecule has 2 atom stereocenters. The Bertz CT molecular complexity index is 263. The predicted octanol–water partition coefficient (Wildman–Crippen LogP) is 2.26. The third-order valence-electron chi connectivity index (χ3n) is 3.79. The molecule has 0 bridgehead atoms. The van der Waals surface area contributed by atoms with Gasteiger partial charge in [0.2, 0.25) is 0 Å². The van der Waals surface area contributed by atoms with Gasteiger partial charge < -0.3 is 14.8 Å². The van der Waals surface area contributed by atoms with Crippen LogP contribution in [-0.4, -0.2) is 44.2 Å². The van der Waals surface area contributed by atoms with Gasteiger partial charge in [-0.1, -0.05) is 0 Å². The molecule has 0 amide bonds. The Morgan fingerprint density at radius 3 is 2.78 bits per heavy atom. The van der Waals surface area contributed by atoms with Gasteiger partial charge in [0.25, 0.3) is 0 Å². The van der Waals surface area contributed by atoms with Crippen molar-refractivity contribution in [2.45, 2.75) is 49.9 Å². The minimum absolute atomic E-state index is 0.0868. The highest BCUT2D eigenvalue weighted by atomic mass is 19.4. The quantitative estimate of drug-likeness (QED) is 0.832. The number of hydrogen-bond donors (Lipinski definition) is 1. The lowest BCUT2D eigenvalue weighted by Gasteiger charge is -2.44. The van der Waals surface area contributed by atoms with E-state index in [1.54, 1.807) is 0 Å². The first-order valence-corrected chi connectivity index (χ1v) is 6.54. The molecular formula is C12H20F3NO2. The molecule has 0 aromatic carbocycles. The topological polar surface area (TPSA) is 30.5 Å². The molecule has 18 heavy (non-hydrogen) atoms. The monoisotopic (exact) mass is 267 g/mol. The lowest BCUT2D eigenvalue weighted by molar-refractivity contribution is -0.150. The molecule has 1 N–H and O–H groups in total. The second kappa shape index (κ2) is 5.75. The number of nitrogens with one attached hydrogen (secondary N) is 1. The maximum atomic E-state index is 12.4. The van der Waals surface area contributed by atoms with Crippen molar-refractivity contribution in [2.24, 2.45) is 0 Å². The van der Waals surface area contributed by atoms with Crippen LogP contribution in [0.2, 0.25) is 0 Å². The van der Waals surface area contributed by atoms with Gasteiger partial charge >= 0.3 is 6.18 Å². The summed E-state index contributed by atoms with van der Waals surface area (Å²) in [5, 5.41) is 3.20. The van der Waals surface area contributed by atoms with Gasteiger partial charge in [-0.2, -0.15) is 13.2 Å². The Morgan fingerprint density at radius 2 is 2.00 bits per heavy atom. The number of hydrogen-bond acceptors (Lipinski definition) is 3. The second-order valence-electron chi connectivity index (χ2n) is 5.04. The Balaban J connectivity index is 2.00. The van der Waals surface area contributed by atoms with Gasteiger partial charge in [0.05, 0.1) is 12.2 Å². The van der Waals surface area contributed by atoms with Crippen LogP contribution in [0.15, 0.2) is 0 Å². The molecule has 6 heteroatoms. The summed E-state index contributed by atoms with van der Waals surface area (Å²) < 4.78 is 48.3. The number of morpholine rings is 1. The predicted molar refractivity (Wildman–Crippen MR) is 60.4 cm³/mol. The van der Waals surface area contributed by atoms with Crippen LogP contribution in [-0.2, 0) is 9.47 Å². The van der Waals surface area contributed by atoms with Gasteiger partial charge in [-0.25, -0.2) is 0 Å². The van der Waals surface area contributed by atoms with Crippen molar-refractivity contribution in [3.8, 4) is 0 Å². The molecule has 2 heterocycles. The summed E-state index contributed by atoms with van der Waals surface area (Å²) in [7, 11) is 0. The molecule has 2 rings (SSSR count). The summed E-state index contributed by atoms with van der Waals surface area (Å²) in [5.74, 6) is 0. The van der Waals surface area contributed by atoms with Crippen LogP contribution < -0.4 is 5.32 Å². The molecule has 2 unspecified atom stereocenters. The van der Waals surface area contributed by atoms with Crippen LogP contribution in [0.5, 0.6) is 0 Å². The van der Waals surface area contributed by atoms with Crippen LogP contribution in [0.4, 0.5) is 13.2 Å². The zero-order valence-corrected chi connectivity index (χ0v) is 10.4. The van der Waals surface area contributed by atoms with Crippen LogP contribution in [0.25, 0.3) is 0 Å². The van der Waals surface area contributed by atoms with E-state index >= 15 is 0 Å². The molecule has 2 saturated heterocycles. The average Bonchev–Trinajstić information content (AvgIpc) is 2.53. The lowest BCUT2D eigenvalue weighted by Crippen LogP contribution is -2.58. The fourth-order valence-corrected chi connectivity index (χ4v) is 2.89. The number of rotatable bonds is 2. The highest BCUT2D eigenvalue weighted by Gasteiger charge is 2.43. The molecule has 2 aliphatic rings. The molecule has 0 saturated carbocycles. The van der Waals surface area contributed by atoms with E-state index in [4.69, 9.17) is 9.47 Å². The molecule has 0 aromatic heterocycles. The largest absolute Gasteiger partial charge is 0.389 e. The molecular weight excluding hydrogens is 247 g/mol. The van der Waals surface area contributed by atoms with E-state index < -0.39 is 18.2 Å². The van der Waals surface area contributed by atoms with Crippen LogP contribution >= 0.6 is 0 Å². The molecule has 0 radical (unpaired) electrons. The average molecular weight is 267 g/mol. The molecule has 2 aliphatic heterocycles. The highest BCUT2D eigenvalue weighted by molar-refractivity contribution is 4.97. The van der Waals surface area contributed by atoms with E-state index in [9.17, 15) is 13.2 Å². The third kappa shape index (κ3) is 3.59. The van der Waals surface area contributed by atoms with Crippen LogP contribution in [0.1, 0.15) is 32.1 Å². The third-order valence-corrected chi connectivity index (χ3v) is 3.79. The minimum Gasteiger partial charge on any atom is -0.381 e. The maximum absolute atomic E-state index is 12.4. The van der Waals surface area contributed by atoms with Crippen molar-refractivity contribution < 1.29 is 22.6 Å². The minimum atomic E-state index is -4.10. The summed E-state index contributed by atoms with van der Waals surface area (Å²) >= 11 is 0. The smallest absolute Gasteiger partial charge is 0.381 e. The molecule has 0 aromatic rings. The van der Waals surface area contributed by atoms with Crippen molar-refractivity contribution in [3.05, 3.63) is 0 Å². The summed E-state index contributed by atoms with van der Waals surface area (Å²) in [6.07, 6.45) is -2.45. The summed E-state index contributed by atoms with van der Waals surface area (Å²) in [6.45, 7) is 2.45. The number of halogens is 3. The van der Waals surface area contributed by atoms with Crippen LogP contribution in [0.3, 0.4) is 0 Å². The van der Waals surface area contributed by atoms with E-state index in [1.165, 1.54) is 0 Å². The Labute approximate surface area is 105 Å². The maximum Gasteiger partial charge on any atom is 0.389 e. The fraction of sp³-hybridized carbons (Fsp3) is 1.00. The molecule has 3 nitrogen and oxygen atoms in total. The van der Waals surface area contributed by atoms with E-state index in [0.717, 1.165) is 12.8 Å². The van der Waals surface area contributed by atoms with Gasteiger partial charge in [-0.3, -0.25) is 0 Å². The van der Waals surface area contributed by atoms with Crippen LogP contribution in [0, 0.1) is 0 Å². The molecule has 2 fully saturated rings. The molecule has 106 valence electrons. The molecule has 0 aliphatic carbocycles. The van der Waals surface area contributed by atoms with Gasteiger partial charge in [0, 0.05) is 38.6 Å². The zero-order valence-electron chi connectivity index (χ0n) is 10.4. The zero-order chi connectivity index (χ0) is 13.1. The second-order valence-corrected chi connectivity index (χ2v) is 5.04. The Hall–Kier alpha value is -0.330. The van der Waals surface area contributed by atoms with E-state index in [2.05, 4.69) is 5.32 Å². The number of ether oxygens (including phenoxy) is 2. The number of alkyl halides is 3. The van der Waals surface area contributed by atoms with Gasteiger partial charge in [-0.05, 0) is 19.3 Å². The van der Waals surface area contributed by atoms with Gasteiger partial charge in [-0.15, -0.1) is 0 Å². The van der Waals surface area contributed by atoms with Crippen molar-refractivity contribution >= 4 is 0 Å². The highest BCUT2D eigenvalue weighted by Crippen LogP contribution is 2.35. The normalized spacial score (nSPS) is 34.5. The SMILES string of the molecule is FC(F)(F)CCC1NCCOC12CCCOCC2. The fourth-order valence-electron chi connectivity index (χ4n) is 2.89. The summed E-state index contributed by atoms with van der Waals surface area (Å²) in [4.78, 5) is 0. The van der Waals surface area contributed by atoms with E-state index in [1.807, 2.05) is 0 Å². The molecule has 1 spiro atoms. The van der Waals surface area contributed by atoms with Gasteiger partial charge in [0.1, 0.15) is 0 Å². The first-order valence-electron chi connectivity index (χ1n) is 6.54. The summed E-state index contributed by atoms with van der Waals surface area (Å²) in [6, 6.07) is -0.213. The van der Waals surface area contributed by atoms with Crippen molar-refractivity contribution in [3.63, 3.8) is 0 Å². The Morgan fingerprint density at radius 1 is 1.17 bits per heavy atom. The van der Waals surface area contributed by atoms with Crippen molar-refractivity contribution in [2.75, 3.05) is 26.4 Å². The van der Waals surface area contributed by atoms with E-state index in [-0.39, 0.29) is 12.5 Å². The first-order chi connectivity index (χ1) is 8.52. The first kappa shape index (κ1) is 14.1. The standard InChI is InChI=1S/C12H20F3NO2/c13-12(14,15)4-2-10-11(18-9-6-16-10)3-1-7-17-8-5-11/h10,16H,1-9H2. The summed E-state index contributed by atoms with van der Waals surface area (Å²) in [5.41, 5.74) is -0.458. The Kier molecular flexibility index (Phi) is 4.50. The van der Waals surface area contributed by atoms with Gasteiger partial charge in [0.15, 0.2) is 0 Å². The van der Waals surface area contributed by atoms with E-state index in [0.29, 0.717) is 32.8 Å². The van der Waals surface area contributed by atoms with Crippen molar-refractivity contribution in [1.29, 1.82) is 0 Å². The van der Waals surface area contributed by atoms with Crippen molar-refractivity contribution in [1.82, 2.24) is 5.32 Å². The lowest BCUT2D eigenvalue weighted by atomic mass is 9.83.